The molecular formula is C23H25N3O3. The maximum absolute atomic E-state index is 13.2. The van der Waals surface area contributed by atoms with Crippen LogP contribution in [0.15, 0.2) is 48.5 Å². The predicted octanol–water partition coefficient (Wildman–Crippen LogP) is 3.36. The number of hydrogen-bond acceptors (Lipinski definition) is 4. The molecular weight excluding hydrogens is 366 g/mol. The molecule has 6 nitrogen and oxygen atoms in total. The highest BCUT2D eigenvalue weighted by atomic mass is 16.5. The van der Waals surface area contributed by atoms with Gasteiger partial charge in [-0.15, -0.1) is 0 Å². The molecule has 1 aliphatic heterocycles. The highest BCUT2D eigenvalue weighted by Gasteiger charge is 2.37. The van der Waals surface area contributed by atoms with Crippen LogP contribution >= 0.6 is 0 Å². The minimum absolute atomic E-state index is 0.00304. The van der Waals surface area contributed by atoms with Crippen molar-refractivity contribution < 1.29 is 14.3 Å². The molecule has 6 heteroatoms. The van der Waals surface area contributed by atoms with Gasteiger partial charge in [0.2, 0.25) is 11.8 Å². The van der Waals surface area contributed by atoms with E-state index < -0.39 is 0 Å². The van der Waals surface area contributed by atoms with Crippen LogP contribution in [-0.4, -0.2) is 36.4 Å². The van der Waals surface area contributed by atoms with Crippen LogP contribution in [0.3, 0.4) is 0 Å². The molecule has 2 aromatic rings. The fraction of sp³-hybridized carbons (Fsp3) is 0.348. The van der Waals surface area contributed by atoms with Gasteiger partial charge in [-0.2, -0.15) is 5.26 Å². The highest BCUT2D eigenvalue weighted by molar-refractivity contribution is 6.00. The average molecular weight is 391 g/mol. The summed E-state index contributed by atoms with van der Waals surface area (Å²) in [6, 6.07) is 16.6. The molecule has 150 valence electrons. The fourth-order valence-electron chi connectivity index (χ4n) is 3.52. The van der Waals surface area contributed by atoms with Crippen molar-refractivity contribution >= 4 is 17.5 Å². The lowest BCUT2D eigenvalue weighted by Crippen LogP contribution is -2.41. The van der Waals surface area contributed by atoms with Gasteiger partial charge in [-0.3, -0.25) is 9.59 Å². The molecule has 2 aromatic carbocycles. The number of nitrogens with zero attached hydrogens (tertiary/aromatic N) is 3. The van der Waals surface area contributed by atoms with E-state index in [4.69, 9.17) is 10.00 Å². The minimum atomic E-state index is -0.370. The number of benzene rings is 2. The van der Waals surface area contributed by atoms with Gasteiger partial charge in [-0.05, 0) is 55.8 Å². The Kier molecular flexibility index (Phi) is 6.18. The molecule has 0 N–H and O–H groups in total. The van der Waals surface area contributed by atoms with E-state index in [-0.39, 0.29) is 30.2 Å². The van der Waals surface area contributed by atoms with Crippen LogP contribution in [0, 0.1) is 17.2 Å². The van der Waals surface area contributed by atoms with Crippen LogP contribution < -0.4 is 9.64 Å². The first-order valence-electron chi connectivity index (χ1n) is 9.67. The molecule has 0 saturated carbocycles. The largest absolute Gasteiger partial charge is 0.497 e. The van der Waals surface area contributed by atoms with Gasteiger partial charge in [0.05, 0.1) is 24.7 Å². The summed E-state index contributed by atoms with van der Waals surface area (Å²) in [4.78, 5) is 29.2. The minimum Gasteiger partial charge on any atom is -0.497 e. The van der Waals surface area contributed by atoms with E-state index in [1.165, 1.54) is 0 Å². The first-order valence-corrected chi connectivity index (χ1v) is 9.67. The summed E-state index contributed by atoms with van der Waals surface area (Å²) in [6.07, 6.45) is 0.210. The highest BCUT2D eigenvalue weighted by Crippen LogP contribution is 2.28. The van der Waals surface area contributed by atoms with Crippen molar-refractivity contribution in [1.29, 1.82) is 5.26 Å². The molecule has 0 aromatic heterocycles. The zero-order valence-electron chi connectivity index (χ0n) is 17.0. The first kappa shape index (κ1) is 20.4. The first-order chi connectivity index (χ1) is 13.9. The van der Waals surface area contributed by atoms with Crippen molar-refractivity contribution in [1.82, 2.24) is 4.90 Å². The summed E-state index contributed by atoms with van der Waals surface area (Å²) >= 11 is 0. The van der Waals surface area contributed by atoms with Gasteiger partial charge < -0.3 is 14.5 Å². The number of ether oxygens (including phenoxy) is 1. The van der Waals surface area contributed by atoms with Gasteiger partial charge in [-0.25, -0.2) is 0 Å². The summed E-state index contributed by atoms with van der Waals surface area (Å²) in [6.45, 7) is 4.77. The number of anilines is 1. The van der Waals surface area contributed by atoms with E-state index in [2.05, 4.69) is 6.07 Å². The second-order valence-electron chi connectivity index (χ2n) is 7.47. The maximum atomic E-state index is 13.2. The number of hydrogen-bond donors (Lipinski definition) is 0. The molecule has 1 aliphatic rings. The van der Waals surface area contributed by atoms with E-state index in [0.29, 0.717) is 18.7 Å². The predicted molar refractivity (Wildman–Crippen MR) is 110 cm³/mol. The third-order valence-corrected chi connectivity index (χ3v) is 5.20. The molecule has 29 heavy (non-hydrogen) atoms. The number of carbonyl (C=O) groups excluding carboxylic acids is 2. The Bertz CT molecular complexity index is 914. The van der Waals surface area contributed by atoms with E-state index >= 15 is 0 Å². The standard InChI is InChI=1S/C23H25N3O3/c1-16(2)25(14-18-6-4-17(13-24)5-7-18)23(28)19-12-22(27)26(15-19)20-8-10-21(29-3)11-9-20/h4-11,16,19H,12,14-15H2,1-3H3. The Balaban J connectivity index is 1.72. The number of amides is 2. The van der Waals surface area contributed by atoms with Gasteiger partial charge in [0.1, 0.15) is 5.75 Å². The molecule has 1 unspecified atom stereocenters. The van der Waals surface area contributed by atoms with Crippen LogP contribution in [0.2, 0.25) is 0 Å². The lowest BCUT2D eigenvalue weighted by atomic mass is 10.0. The van der Waals surface area contributed by atoms with Gasteiger partial charge >= 0.3 is 0 Å². The summed E-state index contributed by atoms with van der Waals surface area (Å²) in [5.41, 5.74) is 2.32. The van der Waals surface area contributed by atoms with Gasteiger partial charge in [0.25, 0.3) is 0 Å². The van der Waals surface area contributed by atoms with Crippen LogP contribution in [0.5, 0.6) is 5.75 Å². The molecule has 1 atom stereocenters. The number of rotatable bonds is 6. The van der Waals surface area contributed by atoms with E-state index in [1.54, 1.807) is 29.0 Å². The molecule has 2 amide bonds. The zero-order valence-corrected chi connectivity index (χ0v) is 17.0. The molecule has 1 saturated heterocycles. The molecule has 1 fully saturated rings. The van der Waals surface area contributed by atoms with Crippen molar-refractivity contribution in [3.63, 3.8) is 0 Å². The SMILES string of the molecule is COc1ccc(N2CC(C(=O)N(Cc3ccc(C#N)cc3)C(C)C)CC2=O)cc1. The Morgan fingerprint density at radius 1 is 1.21 bits per heavy atom. The number of methoxy groups -OCH3 is 1. The summed E-state index contributed by atoms with van der Waals surface area (Å²) in [7, 11) is 1.60. The van der Waals surface area contributed by atoms with Crippen LogP contribution in [0.25, 0.3) is 0 Å². The lowest BCUT2D eigenvalue weighted by molar-refractivity contribution is -0.138. The molecule has 0 spiro atoms. The topological polar surface area (TPSA) is 73.6 Å². The lowest BCUT2D eigenvalue weighted by Gasteiger charge is -2.29. The van der Waals surface area contributed by atoms with Crippen molar-refractivity contribution in [2.75, 3.05) is 18.6 Å². The Labute approximate surface area is 171 Å². The molecule has 0 radical (unpaired) electrons. The summed E-state index contributed by atoms with van der Waals surface area (Å²) < 4.78 is 5.16. The average Bonchev–Trinajstić information content (AvgIpc) is 3.13. The number of carbonyl (C=O) groups is 2. The van der Waals surface area contributed by atoms with Crippen molar-refractivity contribution in [2.24, 2.45) is 5.92 Å². The smallest absolute Gasteiger partial charge is 0.228 e. The third-order valence-electron chi connectivity index (χ3n) is 5.20. The summed E-state index contributed by atoms with van der Waals surface area (Å²) in [5, 5.41) is 8.95. The fourth-order valence-corrected chi connectivity index (χ4v) is 3.52. The number of nitriles is 1. The van der Waals surface area contributed by atoms with Crippen molar-refractivity contribution in [2.45, 2.75) is 32.9 Å². The van der Waals surface area contributed by atoms with Crippen LogP contribution in [0.1, 0.15) is 31.4 Å². The Morgan fingerprint density at radius 3 is 2.41 bits per heavy atom. The second-order valence-corrected chi connectivity index (χ2v) is 7.47. The monoisotopic (exact) mass is 391 g/mol. The van der Waals surface area contributed by atoms with Crippen LogP contribution in [-0.2, 0) is 16.1 Å². The summed E-state index contributed by atoms with van der Waals surface area (Å²) in [5.74, 6) is 0.288. The normalized spacial score (nSPS) is 16.0. The van der Waals surface area contributed by atoms with Crippen molar-refractivity contribution in [3.8, 4) is 11.8 Å². The third kappa shape index (κ3) is 4.57. The molecule has 3 rings (SSSR count). The molecule has 1 heterocycles. The molecule has 0 bridgehead atoms. The van der Waals surface area contributed by atoms with Crippen LogP contribution in [0.4, 0.5) is 5.69 Å². The van der Waals surface area contributed by atoms with E-state index in [9.17, 15) is 9.59 Å². The van der Waals surface area contributed by atoms with E-state index in [0.717, 1.165) is 17.0 Å². The zero-order chi connectivity index (χ0) is 21.0. The van der Waals surface area contributed by atoms with Gasteiger partial charge in [0.15, 0.2) is 0 Å². The van der Waals surface area contributed by atoms with Gasteiger partial charge in [-0.1, -0.05) is 12.1 Å². The van der Waals surface area contributed by atoms with Gasteiger partial charge in [0, 0.05) is 31.2 Å². The molecule has 0 aliphatic carbocycles. The second kappa shape index (κ2) is 8.78. The maximum Gasteiger partial charge on any atom is 0.228 e. The van der Waals surface area contributed by atoms with E-state index in [1.807, 2.05) is 50.2 Å². The van der Waals surface area contributed by atoms with Crippen molar-refractivity contribution in [3.05, 3.63) is 59.7 Å². The Morgan fingerprint density at radius 2 is 1.86 bits per heavy atom. The Hall–Kier alpha value is -3.33. The quantitative estimate of drug-likeness (QED) is 0.757.